The lowest BCUT2D eigenvalue weighted by Crippen LogP contribution is -2.34. The molecule has 0 spiro atoms. The number of aromatic nitrogens is 3. The number of fused-ring (bicyclic) bond motifs is 1. The Labute approximate surface area is 198 Å². The molecule has 5 rings (SSSR count). The number of imidazole rings is 1. The molecule has 0 saturated heterocycles. The molecule has 8 nitrogen and oxygen atoms in total. The molecule has 0 radical (unpaired) electrons. The predicted molar refractivity (Wildman–Crippen MR) is 134 cm³/mol. The summed E-state index contributed by atoms with van der Waals surface area (Å²) in [4.78, 5) is 29.8. The van der Waals surface area contributed by atoms with Gasteiger partial charge in [-0.15, -0.1) is 0 Å². The van der Waals surface area contributed by atoms with Gasteiger partial charge in [0.15, 0.2) is 0 Å². The Kier molecular flexibility index (Phi) is 5.74. The number of hydrogen-bond donors (Lipinski definition) is 4. The first kappa shape index (κ1) is 21.4. The maximum atomic E-state index is 12.9. The summed E-state index contributed by atoms with van der Waals surface area (Å²) in [5, 5.41) is 14.2. The molecule has 33 heavy (non-hydrogen) atoms. The third kappa shape index (κ3) is 4.17. The van der Waals surface area contributed by atoms with Crippen molar-refractivity contribution in [2.45, 2.75) is 12.6 Å². The van der Waals surface area contributed by atoms with Gasteiger partial charge < -0.3 is 25.3 Å². The fraction of sp³-hybridized carbons (Fsp3) is 0.208. The summed E-state index contributed by atoms with van der Waals surface area (Å²) in [7, 11) is 1.77. The molecule has 0 unspecified atom stereocenters. The van der Waals surface area contributed by atoms with Crippen LogP contribution in [-0.2, 0) is 6.42 Å². The summed E-state index contributed by atoms with van der Waals surface area (Å²) in [5.41, 5.74) is 4.11. The van der Waals surface area contributed by atoms with Crippen molar-refractivity contribution in [1.82, 2.24) is 20.3 Å². The average Bonchev–Trinajstić information content (AvgIpc) is 3.49. The number of halogens is 1. The minimum absolute atomic E-state index is 0.288. The van der Waals surface area contributed by atoms with Crippen LogP contribution in [0.4, 0.5) is 5.69 Å². The van der Waals surface area contributed by atoms with E-state index in [0.29, 0.717) is 29.0 Å². The molecule has 9 heteroatoms. The van der Waals surface area contributed by atoms with Crippen LogP contribution in [0.15, 0.2) is 69.0 Å². The number of aliphatic hydroxyl groups excluding tert-OH is 1. The summed E-state index contributed by atoms with van der Waals surface area (Å²) >= 11 is 3.61. The Balaban J connectivity index is 1.54. The van der Waals surface area contributed by atoms with Gasteiger partial charge in [-0.05, 0) is 39.7 Å². The van der Waals surface area contributed by atoms with Crippen molar-refractivity contribution in [3.05, 3.63) is 80.7 Å². The number of amidine groups is 1. The Morgan fingerprint density at radius 3 is 2.79 bits per heavy atom. The van der Waals surface area contributed by atoms with Crippen molar-refractivity contribution in [3.63, 3.8) is 0 Å². The van der Waals surface area contributed by atoms with Gasteiger partial charge in [0.05, 0.1) is 17.7 Å². The van der Waals surface area contributed by atoms with Crippen molar-refractivity contribution in [3.8, 4) is 11.4 Å². The summed E-state index contributed by atoms with van der Waals surface area (Å²) < 4.78 is 0.806. The maximum absolute atomic E-state index is 12.9. The zero-order valence-electron chi connectivity index (χ0n) is 18.0. The van der Waals surface area contributed by atoms with E-state index in [1.54, 1.807) is 24.2 Å². The molecule has 0 aliphatic carbocycles. The minimum atomic E-state index is -0.817. The minimum Gasteiger partial charge on any atom is -0.373 e. The van der Waals surface area contributed by atoms with Crippen LogP contribution in [0.5, 0.6) is 0 Å². The van der Waals surface area contributed by atoms with Crippen LogP contribution in [0.3, 0.4) is 0 Å². The van der Waals surface area contributed by atoms with E-state index >= 15 is 0 Å². The topological polar surface area (TPSA) is 109 Å². The molecule has 3 heterocycles. The number of rotatable bonds is 6. The van der Waals surface area contributed by atoms with Crippen molar-refractivity contribution in [2.75, 3.05) is 25.0 Å². The number of anilines is 1. The highest BCUT2D eigenvalue weighted by Crippen LogP contribution is 2.31. The van der Waals surface area contributed by atoms with Gasteiger partial charge >= 0.3 is 0 Å². The lowest BCUT2D eigenvalue weighted by atomic mass is 10.1. The predicted octanol–water partition coefficient (Wildman–Crippen LogP) is 3.03. The van der Waals surface area contributed by atoms with Crippen molar-refractivity contribution in [1.29, 1.82) is 0 Å². The van der Waals surface area contributed by atoms with Crippen molar-refractivity contribution < 1.29 is 5.11 Å². The van der Waals surface area contributed by atoms with Crippen LogP contribution in [-0.4, -0.2) is 52.3 Å². The molecule has 1 aliphatic heterocycles. The Morgan fingerprint density at radius 2 is 2.03 bits per heavy atom. The standard InChI is InChI=1S/C24H23BrN6O2/c1-31(19(32)11-14-5-3-2-4-6-14)18-7-8-28-24(33)20(18)23-29-17-13-15(22-26-9-10-27-22)12-16(25)21(17)30-23/h2-8,12-13,19,32H,9-11H2,1H3,(H,26,27)(H,28,33)(H,29,30)/t19-/m0/s1. The molecule has 4 aromatic rings. The number of likely N-dealkylation sites (N-methyl/N-ethyl adjacent to an activating group) is 1. The van der Waals surface area contributed by atoms with Gasteiger partial charge in [0.2, 0.25) is 0 Å². The van der Waals surface area contributed by atoms with Crippen LogP contribution < -0.4 is 15.8 Å². The Morgan fingerprint density at radius 1 is 1.21 bits per heavy atom. The second kappa shape index (κ2) is 8.84. The molecular formula is C24H23BrN6O2. The first-order chi connectivity index (χ1) is 16.0. The van der Waals surface area contributed by atoms with E-state index in [1.165, 1.54) is 0 Å². The van der Waals surface area contributed by atoms with Gasteiger partial charge in [-0.1, -0.05) is 30.3 Å². The second-order valence-corrected chi connectivity index (χ2v) is 8.80. The molecule has 0 bridgehead atoms. The summed E-state index contributed by atoms with van der Waals surface area (Å²) in [6.45, 7) is 1.57. The van der Waals surface area contributed by atoms with E-state index in [2.05, 4.69) is 36.2 Å². The second-order valence-electron chi connectivity index (χ2n) is 7.95. The van der Waals surface area contributed by atoms with E-state index in [9.17, 15) is 9.90 Å². The number of pyridine rings is 1. The largest absolute Gasteiger partial charge is 0.373 e. The zero-order chi connectivity index (χ0) is 22.9. The Hall–Kier alpha value is -3.43. The highest BCUT2D eigenvalue weighted by atomic mass is 79.9. The number of aliphatic imine (C=N–C) groups is 1. The average molecular weight is 507 g/mol. The van der Waals surface area contributed by atoms with Crippen LogP contribution >= 0.6 is 15.9 Å². The molecular weight excluding hydrogens is 484 g/mol. The van der Waals surface area contributed by atoms with E-state index < -0.39 is 6.23 Å². The number of H-pyrrole nitrogens is 2. The van der Waals surface area contributed by atoms with Crippen molar-refractivity contribution >= 4 is 38.5 Å². The maximum Gasteiger partial charge on any atom is 0.261 e. The molecule has 2 aromatic heterocycles. The number of aromatic amines is 2. The molecule has 168 valence electrons. The van der Waals surface area contributed by atoms with Gasteiger partial charge in [-0.3, -0.25) is 9.79 Å². The summed E-state index contributed by atoms with van der Waals surface area (Å²) in [6.07, 6.45) is 1.18. The first-order valence-corrected chi connectivity index (χ1v) is 11.5. The molecule has 0 fully saturated rings. The molecule has 1 aliphatic rings. The molecule has 0 saturated carbocycles. The lowest BCUT2D eigenvalue weighted by Gasteiger charge is -2.27. The summed E-state index contributed by atoms with van der Waals surface area (Å²) in [6, 6.07) is 15.5. The smallest absolute Gasteiger partial charge is 0.261 e. The van der Waals surface area contributed by atoms with E-state index in [4.69, 9.17) is 4.98 Å². The molecule has 4 N–H and O–H groups in total. The van der Waals surface area contributed by atoms with Gasteiger partial charge in [-0.25, -0.2) is 4.98 Å². The van der Waals surface area contributed by atoms with Crippen LogP contribution in [0.2, 0.25) is 0 Å². The van der Waals surface area contributed by atoms with E-state index in [1.807, 2.05) is 42.5 Å². The normalized spacial score (nSPS) is 14.2. The molecule has 0 amide bonds. The Bertz CT molecular complexity index is 1400. The zero-order valence-corrected chi connectivity index (χ0v) is 19.6. The molecule has 1 atom stereocenters. The fourth-order valence-electron chi connectivity index (χ4n) is 4.03. The number of hydrogen-bond acceptors (Lipinski definition) is 6. The van der Waals surface area contributed by atoms with Gasteiger partial charge in [0.1, 0.15) is 29.0 Å². The highest BCUT2D eigenvalue weighted by molar-refractivity contribution is 9.10. The van der Waals surface area contributed by atoms with E-state index in [0.717, 1.165) is 40.0 Å². The summed E-state index contributed by atoms with van der Waals surface area (Å²) in [5.74, 6) is 1.27. The number of aliphatic hydroxyl groups is 1. The number of nitrogens with zero attached hydrogens (tertiary/aromatic N) is 3. The monoisotopic (exact) mass is 506 g/mol. The van der Waals surface area contributed by atoms with Crippen molar-refractivity contribution in [2.24, 2.45) is 4.99 Å². The van der Waals surface area contributed by atoms with Crippen LogP contribution in [0.1, 0.15) is 11.1 Å². The van der Waals surface area contributed by atoms with Gasteiger partial charge in [-0.2, -0.15) is 0 Å². The highest BCUT2D eigenvalue weighted by Gasteiger charge is 2.22. The SMILES string of the molecule is CN(c1cc[nH]c(=O)c1-c1nc2c(Br)cc(C3=NCCN3)cc2[nH]1)[C@@H](O)Cc1ccccc1. The quantitative estimate of drug-likeness (QED) is 0.300. The lowest BCUT2D eigenvalue weighted by molar-refractivity contribution is 0.175. The van der Waals surface area contributed by atoms with E-state index in [-0.39, 0.29) is 5.56 Å². The number of benzene rings is 2. The third-order valence-corrected chi connectivity index (χ3v) is 6.36. The first-order valence-electron chi connectivity index (χ1n) is 10.7. The van der Waals surface area contributed by atoms with Gasteiger partial charge in [0.25, 0.3) is 5.56 Å². The molecule has 2 aromatic carbocycles. The van der Waals surface area contributed by atoms with Crippen LogP contribution in [0, 0.1) is 0 Å². The number of nitrogens with one attached hydrogen (secondary N) is 3. The fourth-order valence-corrected chi connectivity index (χ4v) is 4.58. The van der Waals surface area contributed by atoms with Crippen LogP contribution in [0.25, 0.3) is 22.4 Å². The van der Waals surface area contributed by atoms with Gasteiger partial charge in [0, 0.05) is 36.2 Å². The third-order valence-electron chi connectivity index (χ3n) is 5.75.